The molecule has 5 nitrogen and oxygen atoms in total. The highest BCUT2D eigenvalue weighted by Crippen LogP contribution is 2.31. The Balaban J connectivity index is 2.15. The van der Waals surface area contributed by atoms with Gasteiger partial charge >= 0.3 is 0 Å². The summed E-state index contributed by atoms with van der Waals surface area (Å²) in [6, 6.07) is 5.83. The van der Waals surface area contributed by atoms with Crippen LogP contribution >= 0.6 is 0 Å². The highest BCUT2D eigenvalue weighted by atomic mass is 16.5. The van der Waals surface area contributed by atoms with Gasteiger partial charge in [-0.25, -0.2) is 0 Å². The van der Waals surface area contributed by atoms with Crippen LogP contribution in [0.3, 0.4) is 0 Å². The van der Waals surface area contributed by atoms with E-state index < -0.39 is 0 Å². The summed E-state index contributed by atoms with van der Waals surface area (Å²) >= 11 is 0. The van der Waals surface area contributed by atoms with Crippen LogP contribution in [0.15, 0.2) is 36.8 Å². The van der Waals surface area contributed by atoms with Crippen LogP contribution in [-0.4, -0.2) is 23.7 Å². The minimum Gasteiger partial charge on any atom is -0.493 e. The summed E-state index contributed by atoms with van der Waals surface area (Å²) in [5.41, 5.74) is 1.84. The number of nitrogens with one attached hydrogen (secondary N) is 1. The number of anilines is 1. The second-order valence-electron chi connectivity index (χ2n) is 4.29. The molecule has 0 saturated heterocycles. The van der Waals surface area contributed by atoms with Crippen LogP contribution in [0.4, 0.5) is 5.69 Å². The van der Waals surface area contributed by atoms with Crippen molar-refractivity contribution in [3.63, 3.8) is 0 Å². The lowest BCUT2D eigenvalue weighted by Crippen LogP contribution is -2.09. The van der Waals surface area contributed by atoms with E-state index in [2.05, 4.69) is 15.3 Å². The molecule has 0 aliphatic heterocycles. The summed E-state index contributed by atoms with van der Waals surface area (Å²) in [5, 5.41) is 3.37. The molecule has 1 unspecified atom stereocenters. The molecule has 1 atom stereocenters. The number of benzene rings is 1. The van der Waals surface area contributed by atoms with Gasteiger partial charge in [-0.15, -0.1) is 0 Å². The third-order valence-electron chi connectivity index (χ3n) is 2.87. The minimum atomic E-state index is 0.0616. The van der Waals surface area contributed by atoms with Crippen LogP contribution < -0.4 is 14.8 Å². The van der Waals surface area contributed by atoms with Crippen LogP contribution in [-0.2, 0) is 0 Å². The fourth-order valence-corrected chi connectivity index (χ4v) is 1.89. The highest BCUT2D eigenvalue weighted by molar-refractivity contribution is 5.55. The summed E-state index contributed by atoms with van der Waals surface area (Å²) in [6.07, 6.45) is 5.11. The quantitative estimate of drug-likeness (QED) is 0.876. The van der Waals surface area contributed by atoms with Crippen LogP contribution in [0.2, 0.25) is 0 Å². The van der Waals surface area contributed by atoms with Crippen molar-refractivity contribution in [1.29, 1.82) is 0 Å². The van der Waals surface area contributed by atoms with Gasteiger partial charge in [0, 0.05) is 24.1 Å². The minimum absolute atomic E-state index is 0.0616. The fraction of sp³-hybridized carbons (Fsp3) is 0.333. The summed E-state index contributed by atoms with van der Waals surface area (Å²) in [4.78, 5) is 8.36. The van der Waals surface area contributed by atoms with Crippen molar-refractivity contribution in [2.75, 3.05) is 19.0 Å². The van der Waals surface area contributed by atoms with Gasteiger partial charge in [0.1, 0.15) is 0 Å². The Bertz CT molecular complexity index is 546. The molecule has 0 bridgehead atoms. The topological polar surface area (TPSA) is 56.3 Å². The van der Waals surface area contributed by atoms with E-state index in [0.717, 1.165) is 22.9 Å². The summed E-state index contributed by atoms with van der Waals surface area (Å²) < 4.78 is 10.8. The molecule has 0 amide bonds. The Morgan fingerprint density at radius 1 is 1.25 bits per heavy atom. The van der Waals surface area contributed by atoms with Gasteiger partial charge in [-0.3, -0.25) is 9.97 Å². The third-order valence-corrected chi connectivity index (χ3v) is 2.87. The second kappa shape index (κ2) is 6.75. The first-order valence-electron chi connectivity index (χ1n) is 6.58. The highest BCUT2D eigenvalue weighted by Gasteiger charge is 2.09. The monoisotopic (exact) mass is 273 g/mol. The third kappa shape index (κ3) is 3.38. The van der Waals surface area contributed by atoms with E-state index in [4.69, 9.17) is 9.47 Å². The van der Waals surface area contributed by atoms with Crippen molar-refractivity contribution < 1.29 is 9.47 Å². The number of hydrogen-bond donors (Lipinski definition) is 1. The van der Waals surface area contributed by atoms with Gasteiger partial charge in [0.05, 0.1) is 31.6 Å². The molecule has 0 radical (unpaired) electrons. The molecule has 1 aromatic heterocycles. The standard InChI is InChI=1S/C15H19N3O2/c1-4-20-15-9-12(5-6-14(15)19-3)18-11(2)13-10-16-7-8-17-13/h5-11,18H,4H2,1-3H3. The molecular weight excluding hydrogens is 254 g/mol. The molecule has 2 rings (SSSR count). The number of nitrogens with zero attached hydrogens (tertiary/aromatic N) is 2. The maximum atomic E-state index is 5.56. The van der Waals surface area contributed by atoms with Gasteiger partial charge < -0.3 is 14.8 Å². The summed E-state index contributed by atoms with van der Waals surface area (Å²) in [7, 11) is 1.63. The lowest BCUT2D eigenvalue weighted by Gasteiger charge is -2.16. The summed E-state index contributed by atoms with van der Waals surface area (Å²) in [5.74, 6) is 1.45. The van der Waals surface area contributed by atoms with Gasteiger partial charge in [0.25, 0.3) is 0 Å². The van der Waals surface area contributed by atoms with E-state index in [1.54, 1.807) is 25.7 Å². The molecule has 20 heavy (non-hydrogen) atoms. The van der Waals surface area contributed by atoms with E-state index in [1.165, 1.54) is 0 Å². The van der Waals surface area contributed by atoms with E-state index >= 15 is 0 Å². The Morgan fingerprint density at radius 3 is 2.75 bits per heavy atom. The molecule has 0 aliphatic rings. The number of aromatic nitrogens is 2. The van der Waals surface area contributed by atoms with Crippen LogP contribution in [0.25, 0.3) is 0 Å². The van der Waals surface area contributed by atoms with Crippen LogP contribution in [0, 0.1) is 0 Å². The van der Waals surface area contributed by atoms with E-state index in [-0.39, 0.29) is 6.04 Å². The lowest BCUT2D eigenvalue weighted by molar-refractivity contribution is 0.311. The first-order valence-corrected chi connectivity index (χ1v) is 6.58. The molecule has 0 spiro atoms. The average Bonchev–Trinajstić information content (AvgIpc) is 2.49. The first kappa shape index (κ1) is 14.1. The summed E-state index contributed by atoms with van der Waals surface area (Å²) in [6.45, 7) is 4.58. The average molecular weight is 273 g/mol. The smallest absolute Gasteiger partial charge is 0.163 e. The number of rotatable bonds is 6. The lowest BCUT2D eigenvalue weighted by atomic mass is 10.2. The molecule has 0 saturated carbocycles. The molecule has 0 aliphatic carbocycles. The van der Waals surface area contributed by atoms with Crippen molar-refractivity contribution in [3.8, 4) is 11.5 Å². The molecule has 0 fully saturated rings. The normalized spacial score (nSPS) is 11.8. The number of methoxy groups -OCH3 is 1. The van der Waals surface area contributed by atoms with Gasteiger partial charge in [0.15, 0.2) is 11.5 Å². The molecular formula is C15H19N3O2. The Kier molecular flexibility index (Phi) is 4.76. The van der Waals surface area contributed by atoms with Crippen molar-refractivity contribution in [3.05, 3.63) is 42.5 Å². The SMILES string of the molecule is CCOc1cc(NC(C)c2cnccn2)ccc1OC. The zero-order valence-electron chi connectivity index (χ0n) is 12.0. The predicted molar refractivity (Wildman–Crippen MR) is 78.2 cm³/mol. The van der Waals surface area contributed by atoms with Crippen molar-refractivity contribution in [1.82, 2.24) is 9.97 Å². The zero-order valence-corrected chi connectivity index (χ0v) is 12.0. The maximum Gasteiger partial charge on any atom is 0.163 e. The van der Waals surface area contributed by atoms with Gasteiger partial charge in [0.2, 0.25) is 0 Å². The predicted octanol–water partition coefficient (Wildman–Crippen LogP) is 3.06. The van der Waals surface area contributed by atoms with E-state index in [9.17, 15) is 0 Å². The maximum absolute atomic E-state index is 5.56. The van der Waals surface area contributed by atoms with Crippen molar-refractivity contribution in [2.24, 2.45) is 0 Å². The largest absolute Gasteiger partial charge is 0.493 e. The molecule has 1 aromatic carbocycles. The van der Waals surface area contributed by atoms with Gasteiger partial charge in [-0.05, 0) is 26.0 Å². The van der Waals surface area contributed by atoms with E-state index in [0.29, 0.717) is 6.61 Å². The van der Waals surface area contributed by atoms with Crippen molar-refractivity contribution in [2.45, 2.75) is 19.9 Å². The molecule has 106 valence electrons. The Morgan fingerprint density at radius 2 is 2.10 bits per heavy atom. The molecule has 5 heteroatoms. The van der Waals surface area contributed by atoms with Gasteiger partial charge in [-0.1, -0.05) is 0 Å². The van der Waals surface area contributed by atoms with E-state index in [1.807, 2.05) is 32.0 Å². The van der Waals surface area contributed by atoms with Gasteiger partial charge in [-0.2, -0.15) is 0 Å². The fourth-order valence-electron chi connectivity index (χ4n) is 1.89. The van der Waals surface area contributed by atoms with Crippen LogP contribution in [0.1, 0.15) is 25.6 Å². The Labute approximate surface area is 119 Å². The Hall–Kier alpha value is -2.30. The molecule has 1 N–H and O–H groups in total. The molecule has 2 aromatic rings. The van der Waals surface area contributed by atoms with Crippen LogP contribution in [0.5, 0.6) is 11.5 Å². The first-order chi connectivity index (χ1) is 9.74. The second-order valence-corrected chi connectivity index (χ2v) is 4.29. The molecule has 1 heterocycles. The van der Waals surface area contributed by atoms with Crippen molar-refractivity contribution >= 4 is 5.69 Å². The number of hydrogen-bond acceptors (Lipinski definition) is 5. The number of ether oxygens (including phenoxy) is 2. The zero-order chi connectivity index (χ0) is 14.4.